The first-order chi connectivity index (χ1) is 25.6. The van der Waals surface area contributed by atoms with E-state index in [2.05, 4.69) is 188 Å². The van der Waals surface area contributed by atoms with Crippen molar-refractivity contribution in [2.45, 2.75) is 0 Å². The van der Waals surface area contributed by atoms with Gasteiger partial charge < -0.3 is 0 Å². The molecule has 4 aliphatic rings. The predicted molar refractivity (Wildman–Crippen MR) is 217 cm³/mol. The molecule has 0 amide bonds. The van der Waals surface area contributed by atoms with Gasteiger partial charge in [-0.25, -0.2) is 0 Å². The molecular formula is C45H31BrN4OSb+. The first kappa shape index (κ1) is 31.5. The number of benzene rings is 4. The number of nitrogens with zero attached hydrogens (tertiary/aromatic N) is 4. The molecule has 6 aromatic rings. The second kappa shape index (κ2) is 12.5. The molecule has 1 unspecified atom stereocenters. The van der Waals surface area contributed by atoms with E-state index < -0.39 is 17.5 Å². The number of halogens is 1. The first-order valence-corrected chi connectivity index (χ1v) is 26.3. The van der Waals surface area contributed by atoms with Crippen LogP contribution in [0, 0.1) is 0 Å². The minimum absolute atomic E-state index is 0.912. The van der Waals surface area contributed by atoms with Gasteiger partial charge in [0.2, 0.25) is 0 Å². The van der Waals surface area contributed by atoms with Crippen molar-refractivity contribution in [3.05, 3.63) is 226 Å². The van der Waals surface area contributed by atoms with Crippen LogP contribution >= 0.6 is 12.6 Å². The van der Waals surface area contributed by atoms with Crippen LogP contribution in [0.3, 0.4) is 0 Å². The molecule has 52 heavy (non-hydrogen) atoms. The zero-order valence-corrected chi connectivity index (χ0v) is 32.3. The Labute approximate surface area is 313 Å². The fourth-order valence-corrected chi connectivity index (χ4v) is 18.8. The summed E-state index contributed by atoms with van der Waals surface area (Å²) in [5, 5.41) is 2.07. The number of aliphatic imine (C=N–C) groups is 2. The summed E-state index contributed by atoms with van der Waals surface area (Å²) in [4.78, 5) is 10.9. The van der Waals surface area contributed by atoms with Crippen molar-refractivity contribution < 1.29 is 3.02 Å². The van der Waals surface area contributed by atoms with Gasteiger partial charge in [-0.1, -0.05) is 0 Å². The Balaban J connectivity index is 1.49. The normalized spacial score (nSPS) is 18.6. The van der Waals surface area contributed by atoms with Crippen molar-refractivity contribution in [3.63, 3.8) is 0 Å². The van der Waals surface area contributed by atoms with Gasteiger partial charge in [0.25, 0.3) is 0 Å². The van der Waals surface area contributed by atoms with E-state index in [4.69, 9.17) is 13.0 Å². The van der Waals surface area contributed by atoms with E-state index >= 15 is 0 Å². The summed E-state index contributed by atoms with van der Waals surface area (Å²) in [6.45, 7) is 0. The first-order valence-electron chi connectivity index (χ1n) is 17.2. The average molecular weight is 845 g/mol. The van der Waals surface area contributed by atoms with E-state index in [0.29, 0.717) is 0 Å². The molecule has 10 rings (SSSR count). The standard InChI is InChI=1S/C44H28N4.CH3O.BrH.Sb/c1-5-13-29(14-6-1)41-33-21-23-35(45-33)42(30-15-7-2-8-16-30)37-25-27-39(47-37)44(32-19-11-4-12-20-32)40-28-26-38(48-40)43(31-17-9-3-10-18-31)36-24-22-34(41)46-36;1-2;;/h1-28H;1H3;1H;/q-2;-1;;+5/p-1. The second-order valence-corrected chi connectivity index (χ2v) is 25.1. The molecule has 6 heterocycles. The van der Waals surface area contributed by atoms with Crippen molar-refractivity contribution in [1.82, 2.24) is 5.45 Å². The Kier molecular flexibility index (Phi) is 7.54. The molecule has 2 aromatic heterocycles. The molecule has 0 N–H and O–H groups in total. The predicted octanol–water partition coefficient (Wildman–Crippen LogP) is 8.13. The topological polar surface area (TPSA) is 43.8 Å². The number of hydrogen-bond donors (Lipinski definition) is 0. The van der Waals surface area contributed by atoms with Crippen molar-refractivity contribution in [2.24, 2.45) is 9.98 Å². The molecule has 6 bridgehead atoms. The van der Waals surface area contributed by atoms with Crippen LogP contribution in [0.25, 0.3) is 22.3 Å². The molecule has 0 radical (unpaired) electrons. The molecule has 0 saturated carbocycles. The van der Waals surface area contributed by atoms with E-state index in [1.165, 1.54) is 0 Å². The van der Waals surface area contributed by atoms with E-state index in [1.807, 2.05) is 7.11 Å². The molecule has 4 aliphatic heterocycles. The number of aromatic nitrogens is 2. The quantitative estimate of drug-likeness (QED) is 0.162. The maximum absolute atomic E-state index is 7.10. The summed E-state index contributed by atoms with van der Waals surface area (Å²) in [5.74, 6) is 0. The van der Waals surface area contributed by atoms with Crippen LogP contribution in [0.1, 0.15) is 33.6 Å². The molecule has 0 aliphatic carbocycles. The SMILES string of the molecule is C[O][Sb+]1([Br])[n]2c3ccc2C(c2ccccc2)=C2C=CC(=N2)C(c2ccccc2)=c2ccc([n]21)=C(c1ccccc1)C1=NC(=C3c2ccccc2)C=C1. The van der Waals surface area contributed by atoms with E-state index in [-0.39, 0.29) is 0 Å². The summed E-state index contributed by atoms with van der Waals surface area (Å²) in [7, 11) is 1.86. The van der Waals surface area contributed by atoms with Gasteiger partial charge in [-0.3, -0.25) is 0 Å². The van der Waals surface area contributed by atoms with Gasteiger partial charge in [0.1, 0.15) is 0 Å². The molecule has 5 nitrogen and oxygen atoms in total. The third-order valence-corrected chi connectivity index (χ3v) is 22.8. The molecule has 7 heteroatoms. The van der Waals surface area contributed by atoms with Gasteiger partial charge in [0.15, 0.2) is 0 Å². The maximum atomic E-state index is 7.10. The number of rotatable bonds is 5. The second-order valence-electron chi connectivity index (χ2n) is 12.9. The fourth-order valence-electron chi connectivity index (χ4n) is 7.81. The molecule has 4 aromatic carbocycles. The Morgan fingerprint density at radius 1 is 0.442 bits per heavy atom. The molecule has 0 fully saturated rings. The molecule has 1 atom stereocenters. The summed E-state index contributed by atoms with van der Waals surface area (Å²) in [5.41, 5.74) is 14.2. The number of fused-ring (bicyclic) bond motifs is 2. The van der Waals surface area contributed by atoms with Crippen LogP contribution in [0.15, 0.2) is 191 Å². The number of allylic oxidation sites excluding steroid dienone is 4. The van der Waals surface area contributed by atoms with Gasteiger partial charge in [-0.15, -0.1) is 0 Å². The molecule has 0 spiro atoms. The van der Waals surface area contributed by atoms with Crippen LogP contribution in [-0.4, -0.2) is 41.5 Å². The summed E-state index contributed by atoms with van der Waals surface area (Å²) >= 11 is 0.0996. The zero-order chi connectivity index (χ0) is 34.8. The Bertz CT molecular complexity index is 2570. The van der Waals surface area contributed by atoms with Crippen molar-refractivity contribution in [1.29, 1.82) is 0 Å². The van der Waals surface area contributed by atoms with Gasteiger partial charge >= 0.3 is 315 Å². The Morgan fingerprint density at radius 3 is 1.17 bits per heavy atom. The Hall–Kier alpha value is -5.26. The summed E-state index contributed by atoms with van der Waals surface area (Å²) in [6, 6.07) is 51.4. The average Bonchev–Trinajstić information content (AvgIpc) is 4.03. The van der Waals surface area contributed by atoms with E-state index in [9.17, 15) is 0 Å². The fraction of sp³-hybridized carbons (Fsp3) is 0.0222. The molecular weight excluding hydrogens is 814 g/mol. The van der Waals surface area contributed by atoms with Crippen molar-refractivity contribution in [2.75, 3.05) is 7.11 Å². The monoisotopic (exact) mass is 843 g/mol. The minimum atomic E-state index is -4.46. The van der Waals surface area contributed by atoms with Crippen LogP contribution < -0.4 is 10.7 Å². The van der Waals surface area contributed by atoms with E-state index in [1.54, 1.807) is 0 Å². The third kappa shape index (κ3) is 4.79. The van der Waals surface area contributed by atoms with Crippen LogP contribution in [0.4, 0.5) is 0 Å². The van der Waals surface area contributed by atoms with Crippen molar-refractivity contribution in [3.8, 4) is 0 Å². The van der Waals surface area contributed by atoms with Gasteiger partial charge in [-0.2, -0.15) is 0 Å². The number of hydrogen-bond acceptors (Lipinski definition) is 3. The van der Waals surface area contributed by atoms with E-state index in [0.717, 1.165) is 89.4 Å². The summed E-state index contributed by atoms with van der Waals surface area (Å²) in [6.07, 6.45) is 8.67. The van der Waals surface area contributed by atoms with Crippen LogP contribution in [-0.2, 0) is 3.02 Å². The third-order valence-electron chi connectivity index (χ3n) is 10.0. The molecule has 0 saturated heterocycles. The van der Waals surface area contributed by atoms with Crippen LogP contribution in [0.2, 0.25) is 0 Å². The van der Waals surface area contributed by atoms with Crippen molar-refractivity contribution >= 4 is 63.8 Å². The zero-order valence-electron chi connectivity index (χ0n) is 28.2. The van der Waals surface area contributed by atoms with Gasteiger partial charge in [-0.05, 0) is 0 Å². The summed E-state index contributed by atoms with van der Waals surface area (Å²) < 4.78 is 12.1. The van der Waals surface area contributed by atoms with Gasteiger partial charge in [0.05, 0.1) is 0 Å². The molecule has 248 valence electrons. The van der Waals surface area contributed by atoms with Crippen LogP contribution in [0.5, 0.6) is 0 Å². The Morgan fingerprint density at radius 2 is 0.808 bits per heavy atom. The van der Waals surface area contributed by atoms with Gasteiger partial charge in [0, 0.05) is 0 Å².